The quantitative estimate of drug-likeness (QED) is 0.803. The summed E-state index contributed by atoms with van der Waals surface area (Å²) in [6.07, 6.45) is 0.988. The molecular weight excluding hydrogens is 266 g/mol. The lowest BCUT2D eigenvalue weighted by Gasteiger charge is -2.22. The number of aliphatic hydroxyl groups is 1. The van der Waals surface area contributed by atoms with Gasteiger partial charge in [-0.25, -0.2) is 0 Å². The Kier molecular flexibility index (Phi) is 6.28. The van der Waals surface area contributed by atoms with Gasteiger partial charge < -0.3 is 15.2 Å². The second-order valence-electron chi connectivity index (χ2n) is 4.84. The minimum Gasteiger partial charge on any atom is -0.386 e. The lowest BCUT2D eigenvalue weighted by Crippen LogP contribution is -2.43. The van der Waals surface area contributed by atoms with E-state index in [2.05, 4.69) is 5.32 Å². The average molecular weight is 286 g/mol. The van der Waals surface area contributed by atoms with Gasteiger partial charge in [-0.05, 0) is 31.0 Å². The van der Waals surface area contributed by atoms with Crippen molar-refractivity contribution < 1.29 is 14.6 Å². The maximum Gasteiger partial charge on any atom is 0.220 e. The number of carbonyl (C=O) groups is 1. The molecule has 1 amide bonds. The molecule has 0 bridgehead atoms. The summed E-state index contributed by atoms with van der Waals surface area (Å²) >= 11 is 5.87. The van der Waals surface area contributed by atoms with Gasteiger partial charge in [0.15, 0.2) is 0 Å². The number of carbonyl (C=O) groups excluding carboxylic acids is 1. The third-order valence-corrected chi connectivity index (χ3v) is 2.89. The topological polar surface area (TPSA) is 58.6 Å². The van der Waals surface area contributed by atoms with Crippen LogP contribution in [0.3, 0.4) is 0 Å². The van der Waals surface area contributed by atoms with E-state index in [9.17, 15) is 9.90 Å². The first kappa shape index (κ1) is 16.0. The molecule has 106 valence electrons. The van der Waals surface area contributed by atoms with Crippen molar-refractivity contribution in [1.29, 1.82) is 0 Å². The normalized spacial score (nSPS) is 13.9. The van der Waals surface area contributed by atoms with Gasteiger partial charge in [0.2, 0.25) is 5.91 Å². The molecule has 4 nitrogen and oxygen atoms in total. The highest BCUT2D eigenvalue weighted by molar-refractivity contribution is 6.30. The number of benzene rings is 1. The van der Waals surface area contributed by atoms with Crippen LogP contribution >= 0.6 is 11.6 Å². The number of halogens is 1. The Labute approximate surface area is 118 Å². The van der Waals surface area contributed by atoms with Crippen molar-refractivity contribution in [1.82, 2.24) is 5.32 Å². The standard InChI is InChI=1S/C14H20ClNO3/c1-14(18,10-19-2)9-16-13(17)7-6-11-4-3-5-12(15)8-11/h3-5,8,18H,6-7,9-10H2,1-2H3,(H,16,17)/t14-/m1/s1. The number of amides is 1. The predicted molar refractivity (Wildman–Crippen MR) is 75.3 cm³/mol. The highest BCUT2D eigenvalue weighted by Crippen LogP contribution is 2.12. The molecule has 0 radical (unpaired) electrons. The van der Waals surface area contributed by atoms with Crippen molar-refractivity contribution in [2.75, 3.05) is 20.3 Å². The number of rotatable bonds is 7. The van der Waals surface area contributed by atoms with Crippen molar-refractivity contribution in [2.24, 2.45) is 0 Å². The highest BCUT2D eigenvalue weighted by Gasteiger charge is 2.20. The first-order valence-electron chi connectivity index (χ1n) is 6.15. The van der Waals surface area contributed by atoms with Crippen molar-refractivity contribution >= 4 is 17.5 Å². The maximum absolute atomic E-state index is 11.7. The second kappa shape index (κ2) is 7.48. The Morgan fingerprint density at radius 3 is 2.89 bits per heavy atom. The number of hydrogen-bond acceptors (Lipinski definition) is 3. The molecule has 0 saturated heterocycles. The van der Waals surface area contributed by atoms with Crippen LogP contribution in [-0.2, 0) is 16.0 Å². The van der Waals surface area contributed by atoms with E-state index in [1.807, 2.05) is 18.2 Å². The van der Waals surface area contributed by atoms with E-state index in [0.29, 0.717) is 17.9 Å². The molecule has 1 aromatic carbocycles. The number of hydrogen-bond donors (Lipinski definition) is 2. The van der Waals surface area contributed by atoms with E-state index in [0.717, 1.165) is 5.56 Å². The van der Waals surface area contributed by atoms with Crippen LogP contribution in [0, 0.1) is 0 Å². The summed E-state index contributed by atoms with van der Waals surface area (Å²) in [5.41, 5.74) is -0.0215. The fourth-order valence-corrected chi connectivity index (χ4v) is 1.90. The van der Waals surface area contributed by atoms with Crippen LogP contribution in [0.1, 0.15) is 18.9 Å². The zero-order valence-corrected chi connectivity index (χ0v) is 12.0. The minimum absolute atomic E-state index is 0.101. The van der Waals surface area contributed by atoms with Gasteiger partial charge in [0, 0.05) is 25.1 Å². The van der Waals surface area contributed by atoms with Gasteiger partial charge in [0.1, 0.15) is 5.60 Å². The number of aryl methyl sites for hydroxylation is 1. The summed E-state index contributed by atoms with van der Waals surface area (Å²) < 4.78 is 4.87. The van der Waals surface area contributed by atoms with Crippen molar-refractivity contribution in [2.45, 2.75) is 25.4 Å². The third kappa shape index (κ3) is 6.57. The minimum atomic E-state index is -1.04. The molecule has 0 heterocycles. The van der Waals surface area contributed by atoms with E-state index in [4.69, 9.17) is 16.3 Å². The fraction of sp³-hybridized carbons (Fsp3) is 0.500. The highest BCUT2D eigenvalue weighted by atomic mass is 35.5. The Morgan fingerprint density at radius 1 is 1.53 bits per heavy atom. The molecule has 0 aromatic heterocycles. The molecule has 0 spiro atoms. The molecule has 0 aliphatic rings. The number of methoxy groups -OCH3 is 1. The molecule has 19 heavy (non-hydrogen) atoms. The Balaban J connectivity index is 2.32. The summed E-state index contributed by atoms with van der Waals surface area (Å²) in [6, 6.07) is 7.43. The lowest BCUT2D eigenvalue weighted by molar-refractivity contribution is -0.122. The Bertz CT molecular complexity index is 421. The predicted octanol–water partition coefficient (Wildman–Crippen LogP) is 1.79. The Hall–Kier alpha value is -1.10. The molecule has 0 fully saturated rings. The molecule has 0 unspecified atom stereocenters. The van der Waals surface area contributed by atoms with Crippen molar-refractivity contribution in [3.63, 3.8) is 0 Å². The van der Waals surface area contributed by atoms with E-state index in [1.54, 1.807) is 13.0 Å². The summed E-state index contributed by atoms with van der Waals surface area (Å²) in [6.45, 7) is 1.98. The lowest BCUT2D eigenvalue weighted by atomic mass is 10.1. The Morgan fingerprint density at radius 2 is 2.26 bits per heavy atom. The summed E-state index contributed by atoms with van der Waals surface area (Å²) in [5.74, 6) is -0.101. The fourth-order valence-electron chi connectivity index (χ4n) is 1.69. The summed E-state index contributed by atoms with van der Waals surface area (Å²) in [5, 5.41) is 13.2. The van der Waals surface area contributed by atoms with E-state index in [-0.39, 0.29) is 19.1 Å². The van der Waals surface area contributed by atoms with Crippen LogP contribution in [0.15, 0.2) is 24.3 Å². The SMILES string of the molecule is COC[C@](C)(O)CNC(=O)CCc1cccc(Cl)c1. The molecular formula is C14H20ClNO3. The van der Waals surface area contributed by atoms with Crippen LogP contribution in [0.2, 0.25) is 5.02 Å². The first-order valence-corrected chi connectivity index (χ1v) is 6.53. The molecule has 0 aliphatic heterocycles. The van der Waals surface area contributed by atoms with Gasteiger partial charge in [0.25, 0.3) is 0 Å². The molecule has 0 aliphatic carbocycles. The zero-order valence-electron chi connectivity index (χ0n) is 11.3. The van der Waals surface area contributed by atoms with Crippen LogP contribution in [0.25, 0.3) is 0 Å². The average Bonchev–Trinajstić information content (AvgIpc) is 2.34. The molecule has 0 saturated carbocycles. The van der Waals surface area contributed by atoms with Gasteiger partial charge in [-0.1, -0.05) is 23.7 Å². The molecule has 1 rings (SSSR count). The van der Waals surface area contributed by atoms with Crippen LogP contribution in [0.5, 0.6) is 0 Å². The van der Waals surface area contributed by atoms with Gasteiger partial charge in [-0.15, -0.1) is 0 Å². The van der Waals surface area contributed by atoms with Crippen LogP contribution < -0.4 is 5.32 Å². The number of nitrogens with one attached hydrogen (secondary N) is 1. The second-order valence-corrected chi connectivity index (χ2v) is 5.27. The van der Waals surface area contributed by atoms with Crippen LogP contribution in [-0.4, -0.2) is 36.9 Å². The molecule has 1 atom stereocenters. The molecule has 5 heteroatoms. The zero-order chi connectivity index (χ0) is 14.3. The van der Waals surface area contributed by atoms with E-state index < -0.39 is 5.60 Å². The smallest absolute Gasteiger partial charge is 0.220 e. The molecule has 1 aromatic rings. The largest absolute Gasteiger partial charge is 0.386 e. The summed E-state index contributed by atoms with van der Waals surface area (Å²) in [7, 11) is 1.51. The first-order chi connectivity index (χ1) is 8.93. The third-order valence-electron chi connectivity index (χ3n) is 2.65. The van der Waals surface area contributed by atoms with E-state index in [1.165, 1.54) is 7.11 Å². The van der Waals surface area contributed by atoms with Gasteiger partial charge in [-0.2, -0.15) is 0 Å². The monoisotopic (exact) mass is 285 g/mol. The van der Waals surface area contributed by atoms with Gasteiger partial charge in [-0.3, -0.25) is 4.79 Å². The molecule has 2 N–H and O–H groups in total. The van der Waals surface area contributed by atoms with Gasteiger partial charge >= 0.3 is 0 Å². The maximum atomic E-state index is 11.7. The van der Waals surface area contributed by atoms with Crippen molar-refractivity contribution in [3.05, 3.63) is 34.9 Å². The number of ether oxygens (including phenoxy) is 1. The summed E-state index contributed by atoms with van der Waals surface area (Å²) in [4.78, 5) is 11.7. The van der Waals surface area contributed by atoms with Crippen LogP contribution in [0.4, 0.5) is 0 Å². The van der Waals surface area contributed by atoms with E-state index >= 15 is 0 Å². The van der Waals surface area contributed by atoms with Crippen molar-refractivity contribution in [3.8, 4) is 0 Å². The van der Waals surface area contributed by atoms with Gasteiger partial charge in [0.05, 0.1) is 6.61 Å².